The standard InChI is InChI=1S/C27H24F2O/c1-4-23-18(3)24(25-14-9-20(28)15-26(23)25)13-8-19-6-11-21(12-7-19)30-22-10-5-17(2)27(29)16-22/h5-7,9-16H,4,8H2,1-3H3/b24-13-. The van der Waals surface area contributed by atoms with E-state index in [1.165, 1.54) is 28.9 Å². The molecule has 0 fully saturated rings. The van der Waals surface area contributed by atoms with Gasteiger partial charge in [0.25, 0.3) is 0 Å². The van der Waals surface area contributed by atoms with E-state index in [4.69, 9.17) is 4.74 Å². The maximum absolute atomic E-state index is 13.7. The molecular weight excluding hydrogens is 378 g/mol. The van der Waals surface area contributed by atoms with Crippen LogP contribution in [-0.4, -0.2) is 0 Å². The molecule has 152 valence electrons. The summed E-state index contributed by atoms with van der Waals surface area (Å²) in [6.45, 7) is 5.94. The molecule has 3 heteroatoms. The quantitative estimate of drug-likeness (QED) is 0.422. The Hall–Kier alpha value is -3.20. The van der Waals surface area contributed by atoms with Crippen molar-refractivity contribution in [2.45, 2.75) is 33.6 Å². The van der Waals surface area contributed by atoms with Gasteiger partial charge in [0, 0.05) is 6.07 Å². The zero-order valence-corrected chi connectivity index (χ0v) is 17.4. The fourth-order valence-corrected chi connectivity index (χ4v) is 3.97. The lowest BCUT2D eigenvalue weighted by molar-refractivity contribution is 0.476. The van der Waals surface area contributed by atoms with Crippen molar-refractivity contribution in [1.29, 1.82) is 0 Å². The topological polar surface area (TPSA) is 9.23 Å². The molecule has 30 heavy (non-hydrogen) atoms. The van der Waals surface area contributed by atoms with Crippen molar-refractivity contribution in [3.63, 3.8) is 0 Å². The van der Waals surface area contributed by atoms with E-state index in [1.54, 1.807) is 25.1 Å². The summed E-state index contributed by atoms with van der Waals surface area (Å²) in [4.78, 5) is 0. The smallest absolute Gasteiger partial charge is 0.130 e. The molecule has 1 aliphatic carbocycles. The zero-order chi connectivity index (χ0) is 21.3. The molecule has 0 atom stereocenters. The van der Waals surface area contributed by atoms with Crippen LogP contribution in [0.5, 0.6) is 11.5 Å². The van der Waals surface area contributed by atoms with Gasteiger partial charge in [-0.15, -0.1) is 0 Å². The lowest BCUT2D eigenvalue weighted by Crippen LogP contribution is -1.89. The average molecular weight is 402 g/mol. The summed E-state index contributed by atoms with van der Waals surface area (Å²) < 4.78 is 33.2. The molecule has 0 heterocycles. The maximum Gasteiger partial charge on any atom is 0.130 e. The first kappa shape index (κ1) is 20.1. The minimum absolute atomic E-state index is 0.196. The van der Waals surface area contributed by atoms with Crippen molar-refractivity contribution in [1.82, 2.24) is 0 Å². The average Bonchev–Trinajstić information content (AvgIpc) is 3.00. The molecule has 3 aromatic rings. The number of benzene rings is 3. The molecule has 3 aromatic carbocycles. The van der Waals surface area contributed by atoms with Crippen molar-refractivity contribution in [2.24, 2.45) is 0 Å². The number of aryl methyl sites for hydroxylation is 1. The first-order valence-electron chi connectivity index (χ1n) is 10.2. The lowest BCUT2D eigenvalue weighted by Gasteiger charge is -2.08. The zero-order valence-electron chi connectivity index (χ0n) is 17.4. The van der Waals surface area contributed by atoms with E-state index in [2.05, 4.69) is 19.9 Å². The molecule has 0 unspecified atom stereocenters. The predicted molar refractivity (Wildman–Crippen MR) is 119 cm³/mol. The molecule has 0 aromatic heterocycles. The molecular formula is C27H24F2O. The van der Waals surface area contributed by atoms with E-state index >= 15 is 0 Å². The molecule has 1 nitrogen and oxygen atoms in total. The third-order valence-electron chi connectivity index (χ3n) is 5.65. The third-order valence-corrected chi connectivity index (χ3v) is 5.65. The van der Waals surface area contributed by atoms with Crippen molar-refractivity contribution in [2.75, 3.05) is 0 Å². The highest BCUT2D eigenvalue weighted by Crippen LogP contribution is 2.42. The summed E-state index contributed by atoms with van der Waals surface area (Å²) >= 11 is 0. The first-order chi connectivity index (χ1) is 14.5. The van der Waals surface area contributed by atoms with Crippen LogP contribution in [-0.2, 0) is 6.42 Å². The van der Waals surface area contributed by atoms with Crippen molar-refractivity contribution in [3.05, 3.63) is 106 Å². The van der Waals surface area contributed by atoms with Gasteiger partial charge in [-0.2, -0.15) is 0 Å². The molecule has 1 aliphatic rings. The molecule has 0 spiro atoms. The molecule has 0 amide bonds. The van der Waals surface area contributed by atoms with E-state index in [9.17, 15) is 8.78 Å². The van der Waals surface area contributed by atoms with Crippen LogP contribution in [0.15, 0.2) is 72.3 Å². The maximum atomic E-state index is 13.7. The highest BCUT2D eigenvalue weighted by atomic mass is 19.1. The number of halogens is 2. The van der Waals surface area contributed by atoms with Crippen LogP contribution in [0.2, 0.25) is 0 Å². The van der Waals surface area contributed by atoms with Crippen molar-refractivity contribution in [3.8, 4) is 11.5 Å². The van der Waals surface area contributed by atoms with Crippen LogP contribution < -0.4 is 4.74 Å². The number of fused-ring (bicyclic) bond motifs is 1. The summed E-state index contributed by atoms with van der Waals surface area (Å²) in [7, 11) is 0. The molecule has 0 saturated carbocycles. The van der Waals surface area contributed by atoms with E-state index in [0.717, 1.165) is 29.5 Å². The second-order valence-corrected chi connectivity index (χ2v) is 7.63. The van der Waals surface area contributed by atoms with E-state index < -0.39 is 0 Å². The highest BCUT2D eigenvalue weighted by Gasteiger charge is 2.22. The number of ether oxygens (including phenoxy) is 1. The number of allylic oxidation sites excluding steroid dienone is 4. The summed E-state index contributed by atoms with van der Waals surface area (Å²) in [5, 5.41) is 0. The summed E-state index contributed by atoms with van der Waals surface area (Å²) in [5.74, 6) is 0.677. The van der Waals surface area contributed by atoms with Crippen LogP contribution in [0.3, 0.4) is 0 Å². The van der Waals surface area contributed by atoms with E-state index in [1.807, 2.05) is 30.3 Å². The van der Waals surface area contributed by atoms with E-state index in [-0.39, 0.29) is 11.6 Å². The fourth-order valence-electron chi connectivity index (χ4n) is 3.97. The number of rotatable bonds is 5. The van der Waals surface area contributed by atoms with Crippen LogP contribution in [0.25, 0.3) is 11.1 Å². The van der Waals surface area contributed by atoms with Gasteiger partial charge in [-0.1, -0.05) is 37.3 Å². The molecule has 4 rings (SSSR count). The van der Waals surface area contributed by atoms with Crippen molar-refractivity contribution >= 4 is 11.1 Å². The highest BCUT2D eigenvalue weighted by molar-refractivity contribution is 5.99. The summed E-state index contributed by atoms with van der Waals surface area (Å²) in [6.07, 6.45) is 3.85. The van der Waals surface area contributed by atoms with Gasteiger partial charge in [0.2, 0.25) is 0 Å². The SMILES string of the molecule is CCC1=C(C)/C(=C/Cc2ccc(Oc3ccc(C)c(F)c3)cc2)c2ccc(F)cc21. The van der Waals surface area contributed by atoms with Crippen LogP contribution in [0, 0.1) is 18.6 Å². The number of hydrogen-bond acceptors (Lipinski definition) is 1. The molecule has 0 radical (unpaired) electrons. The van der Waals surface area contributed by atoms with Gasteiger partial charge in [-0.25, -0.2) is 8.78 Å². The van der Waals surface area contributed by atoms with Crippen molar-refractivity contribution < 1.29 is 13.5 Å². The van der Waals surface area contributed by atoms with Crippen LogP contribution >= 0.6 is 0 Å². The van der Waals surface area contributed by atoms with Gasteiger partial charge in [0.05, 0.1) is 0 Å². The van der Waals surface area contributed by atoms with Gasteiger partial charge >= 0.3 is 0 Å². The second-order valence-electron chi connectivity index (χ2n) is 7.63. The Kier molecular flexibility index (Phi) is 5.54. The number of hydrogen-bond donors (Lipinski definition) is 0. The Morgan fingerprint density at radius 3 is 2.27 bits per heavy atom. The normalized spacial score (nSPS) is 14.4. The minimum atomic E-state index is -0.276. The Morgan fingerprint density at radius 2 is 1.57 bits per heavy atom. The molecule has 0 bridgehead atoms. The van der Waals surface area contributed by atoms with Crippen LogP contribution in [0.4, 0.5) is 8.78 Å². The third kappa shape index (κ3) is 3.93. The largest absolute Gasteiger partial charge is 0.457 e. The lowest BCUT2D eigenvalue weighted by atomic mass is 10.0. The van der Waals surface area contributed by atoms with E-state index in [0.29, 0.717) is 17.1 Å². The van der Waals surface area contributed by atoms with Crippen LogP contribution in [0.1, 0.15) is 42.5 Å². The monoisotopic (exact) mass is 402 g/mol. The molecule has 0 saturated heterocycles. The van der Waals surface area contributed by atoms with Gasteiger partial charge in [-0.3, -0.25) is 0 Å². The Morgan fingerprint density at radius 1 is 0.833 bits per heavy atom. The Labute approximate surface area is 176 Å². The minimum Gasteiger partial charge on any atom is -0.457 e. The molecule has 0 N–H and O–H groups in total. The first-order valence-corrected chi connectivity index (χ1v) is 10.2. The van der Waals surface area contributed by atoms with Gasteiger partial charge < -0.3 is 4.74 Å². The molecule has 0 aliphatic heterocycles. The van der Waals surface area contributed by atoms with Gasteiger partial charge in [-0.05, 0) is 96.0 Å². The van der Waals surface area contributed by atoms with Gasteiger partial charge in [0.15, 0.2) is 0 Å². The summed E-state index contributed by atoms with van der Waals surface area (Å²) in [6, 6.07) is 17.7. The second kappa shape index (κ2) is 8.27. The Bertz CT molecular complexity index is 1150. The fraction of sp³-hybridized carbons (Fsp3) is 0.185. The predicted octanol–water partition coefficient (Wildman–Crippen LogP) is 7.89. The van der Waals surface area contributed by atoms with Gasteiger partial charge in [0.1, 0.15) is 23.1 Å². The Balaban J connectivity index is 1.52. The summed E-state index contributed by atoms with van der Waals surface area (Å²) in [5.41, 5.74) is 7.47.